The molecule has 0 aliphatic heterocycles. The molecule has 27 heavy (non-hydrogen) atoms. The number of benzene rings is 1. The third kappa shape index (κ3) is 79.2. The van der Waals surface area contributed by atoms with Crippen LogP contribution in [0.3, 0.4) is 0 Å². The molecule has 0 aliphatic rings. The summed E-state index contributed by atoms with van der Waals surface area (Å²) in [6.07, 6.45) is 5.88. The second-order valence-electron chi connectivity index (χ2n) is 4.23. The van der Waals surface area contributed by atoms with E-state index in [1.165, 1.54) is 6.42 Å². The number of methoxy groups -OCH3 is 1. The summed E-state index contributed by atoms with van der Waals surface area (Å²) in [5.74, 6) is 0. The molecule has 0 atom stereocenters. The first-order valence-corrected chi connectivity index (χ1v) is 10.0. The van der Waals surface area contributed by atoms with Gasteiger partial charge in [0.15, 0.2) is 0 Å². The van der Waals surface area contributed by atoms with Gasteiger partial charge in [0.25, 0.3) is 0 Å². The van der Waals surface area contributed by atoms with Crippen molar-refractivity contribution >= 4 is 0 Å². The van der Waals surface area contributed by atoms with Crippen molar-refractivity contribution in [1.82, 2.24) is 0 Å². The number of ether oxygens (including phenoxy) is 3. The zero-order chi connectivity index (χ0) is 22.0. The first-order chi connectivity index (χ1) is 13.2. The summed E-state index contributed by atoms with van der Waals surface area (Å²) in [5, 5.41) is 0. The quantitative estimate of drug-likeness (QED) is 0.350. The maximum atomic E-state index is 5.11. The van der Waals surface area contributed by atoms with Gasteiger partial charge in [0.05, 0.1) is 13.2 Å². The third-order valence-corrected chi connectivity index (χ3v) is 1.98. The van der Waals surface area contributed by atoms with Crippen LogP contribution in [-0.2, 0) is 14.2 Å². The SMILES string of the molecule is C=CCOCC.C=CCOCCCC.CC.CC.COC.c1ccccc1. The molecule has 0 unspecified atom stereocenters. The van der Waals surface area contributed by atoms with Gasteiger partial charge in [-0.3, -0.25) is 0 Å². The van der Waals surface area contributed by atoms with E-state index < -0.39 is 0 Å². The predicted molar refractivity (Wildman–Crippen MR) is 125 cm³/mol. The van der Waals surface area contributed by atoms with Crippen LogP contribution in [0.1, 0.15) is 54.4 Å². The van der Waals surface area contributed by atoms with E-state index in [9.17, 15) is 0 Å². The summed E-state index contributed by atoms with van der Waals surface area (Å²) in [6, 6.07) is 12.0. The maximum absolute atomic E-state index is 5.11. The molecule has 1 rings (SSSR count). The van der Waals surface area contributed by atoms with Crippen molar-refractivity contribution in [3.8, 4) is 0 Å². The molecule has 0 N–H and O–H groups in total. The molecule has 0 spiro atoms. The first-order valence-electron chi connectivity index (χ1n) is 10.0. The van der Waals surface area contributed by atoms with Crippen molar-refractivity contribution in [2.24, 2.45) is 0 Å². The molecule has 0 saturated carbocycles. The Morgan fingerprint density at radius 2 is 1.04 bits per heavy atom. The molecule has 0 aromatic heterocycles. The van der Waals surface area contributed by atoms with Crippen LogP contribution in [0.25, 0.3) is 0 Å². The van der Waals surface area contributed by atoms with E-state index in [4.69, 9.17) is 9.47 Å². The van der Waals surface area contributed by atoms with E-state index in [2.05, 4.69) is 24.8 Å². The highest BCUT2D eigenvalue weighted by Gasteiger charge is 1.80. The Bertz CT molecular complexity index is 260. The van der Waals surface area contributed by atoms with Gasteiger partial charge in [0, 0.05) is 27.4 Å². The van der Waals surface area contributed by atoms with Crippen LogP contribution in [0.15, 0.2) is 61.7 Å². The number of rotatable bonds is 8. The molecule has 0 radical (unpaired) electrons. The smallest absolute Gasteiger partial charge is 0.0644 e. The zero-order valence-electron chi connectivity index (χ0n) is 19.5. The summed E-state index contributed by atoms with van der Waals surface area (Å²) >= 11 is 0. The molecule has 0 heterocycles. The van der Waals surface area contributed by atoms with Crippen molar-refractivity contribution in [2.45, 2.75) is 54.4 Å². The largest absolute Gasteiger partial charge is 0.388 e. The van der Waals surface area contributed by atoms with Crippen LogP contribution >= 0.6 is 0 Å². The molecule has 162 valence electrons. The van der Waals surface area contributed by atoms with E-state index in [1.54, 1.807) is 26.4 Å². The average Bonchev–Trinajstić information content (AvgIpc) is 2.75. The highest BCUT2D eigenvalue weighted by molar-refractivity contribution is 4.99. The Kier molecular flexibility index (Phi) is 76.1. The Hall–Kier alpha value is -1.42. The molecule has 3 nitrogen and oxygen atoms in total. The lowest BCUT2D eigenvalue weighted by Gasteiger charge is -1.95. The molecule has 1 aromatic rings. The van der Waals surface area contributed by atoms with Crippen LogP contribution in [0, 0.1) is 0 Å². The maximum Gasteiger partial charge on any atom is 0.0644 e. The fourth-order valence-corrected chi connectivity index (χ4v) is 0.999. The van der Waals surface area contributed by atoms with Gasteiger partial charge < -0.3 is 14.2 Å². The van der Waals surface area contributed by atoms with Crippen molar-refractivity contribution in [3.05, 3.63) is 61.7 Å². The minimum Gasteiger partial charge on any atom is -0.388 e. The number of hydrogen-bond donors (Lipinski definition) is 0. The molecule has 0 bridgehead atoms. The van der Waals surface area contributed by atoms with E-state index >= 15 is 0 Å². The van der Waals surface area contributed by atoms with Gasteiger partial charge in [-0.1, -0.05) is 89.6 Å². The van der Waals surface area contributed by atoms with E-state index in [-0.39, 0.29) is 0 Å². The summed E-state index contributed by atoms with van der Waals surface area (Å²) in [6.45, 7) is 22.2. The molecule has 1 aromatic carbocycles. The fourth-order valence-electron chi connectivity index (χ4n) is 0.999. The Morgan fingerprint density at radius 3 is 1.26 bits per heavy atom. The van der Waals surface area contributed by atoms with Crippen molar-refractivity contribution in [2.75, 3.05) is 40.6 Å². The van der Waals surface area contributed by atoms with E-state index in [0.717, 1.165) is 19.6 Å². The first kappa shape index (κ1) is 36.5. The molecular formula is C24H48O3. The van der Waals surface area contributed by atoms with Gasteiger partial charge in [-0.2, -0.15) is 0 Å². The minimum atomic E-state index is 0.677. The number of unbranched alkanes of at least 4 members (excludes halogenated alkanes) is 1. The topological polar surface area (TPSA) is 27.7 Å². The van der Waals surface area contributed by atoms with Gasteiger partial charge in [0.1, 0.15) is 0 Å². The second kappa shape index (κ2) is 56.3. The van der Waals surface area contributed by atoms with Gasteiger partial charge in [-0.15, -0.1) is 13.2 Å². The average molecular weight is 385 g/mol. The van der Waals surface area contributed by atoms with Crippen LogP contribution in [0.4, 0.5) is 0 Å². The highest BCUT2D eigenvalue weighted by atomic mass is 16.5. The second-order valence-corrected chi connectivity index (χ2v) is 4.23. The fraction of sp³-hybridized carbons (Fsp3) is 0.583. The molecule has 0 aliphatic carbocycles. The Balaban J connectivity index is -0.0000000774. The van der Waals surface area contributed by atoms with E-state index in [1.807, 2.05) is 71.0 Å². The van der Waals surface area contributed by atoms with Crippen molar-refractivity contribution in [3.63, 3.8) is 0 Å². The molecule has 0 fully saturated rings. The monoisotopic (exact) mass is 384 g/mol. The lowest BCUT2D eigenvalue weighted by Crippen LogP contribution is -1.91. The van der Waals surface area contributed by atoms with Crippen LogP contribution in [0.2, 0.25) is 0 Å². The lowest BCUT2D eigenvalue weighted by atomic mass is 10.4. The summed E-state index contributed by atoms with van der Waals surface area (Å²) < 4.78 is 14.2. The summed E-state index contributed by atoms with van der Waals surface area (Å²) in [5.41, 5.74) is 0. The normalized spacial score (nSPS) is 7.41. The predicted octanol–water partition coefficient (Wildman–Crippen LogP) is 7.20. The molecule has 3 heteroatoms. The van der Waals surface area contributed by atoms with Gasteiger partial charge in [-0.25, -0.2) is 0 Å². The molecule has 0 amide bonds. The standard InChI is InChI=1S/C7H14O.C6H6.C5H10O.C2H6O.2C2H6/c1-3-5-7-8-6-4-2;1-2-4-6-5-3-1;1-3-5-6-4-2;1-3-2;2*1-2/h4H,2-3,5-7H2,1H3;1-6H;3H,1,4-5H2,2H3;1-2H3;2*1-2H3. The minimum absolute atomic E-state index is 0.677. The zero-order valence-corrected chi connectivity index (χ0v) is 19.5. The molecule has 0 saturated heterocycles. The van der Waals surface area contributed by atoms with Gasteiger partial charge >= 0.3 is 0 Å². The summed E-state index contributed by atoms with van der Waals surface area (Å²) in [7, 11) is 3.25. The van der Waals surface area contributed by atoms with Crippen LogP contribution in [0.5, 0.6) is 0 Å². The van der Waals surface area contributed by atoms with Crippen LogP contribution in [-0.4, -0.2) is 40.6 Å². The van der Waals surface area contributed by atoms with Gasteiger partial charge in [0.2, 0.25) is 0 Å². The number of hydrogen-bond acceptors (Lipinski definition) is 3. The Labute approximate surface area is 171 Å². The Morgan fingerprint density at radius 1 is 0.704 bits per heavy atom. The summed E-state index contributed by atoms with van der Waals surface area (Å²) in [4.78, 5) is 0. The van der Waals surface area contributed by atoms with Crippen LogP contribution < -0.4 is 0 Å². The van der Waals surface area contributed by atoms with E-state index in [0.29, 0.717) is 13.2 Å². The third-order valence-electron chi connectivity index (χ3n) is 1.98. The highest BCUT2D eigenvalue weighted by Crippen LogP contribution is 1.86. The lowest BCUT2D eigenvalue weighted by molar-refractivity contribution is 0.159. The molecular weight excluding hydrogens is 336 g/mol. The van der Waals surface area contributed by atoms with Crippen molar-refractivity contribution in [1.29, 1.82) is 0 Å². The van der Waals surface area contributed by atoms with Gasteiger partial charge in [-0.05, 0) is 13.3 Å². The van der Waals surface area contributed by atoms with Crippen molar-refractivity contribution < 1.29 is 14.2 Å².